The van der Waals surface area contributed by atoms with Crippen LogP contribution in [0.3, 0.4) is 0 Å². The van der Waals surface area contributed by atoms with E-state index in [1.807, 2.05) is 0 Å². The van der Waals surface area contributed by atoms with Gasteiger partial charge in [-0.25, -0.2) is 4.39 Å². The maximum Gasteiger partial charge on any atom is 0.242 e. The monoisotopic (exact) mass is 294 g/mol. The molecule has 1 fully saturated rings. The smallest absolute Gasteiger partial charge is 0.242 e. The highest BCUT2D eigenvalue weighted by Crippen LogP contribution is 2.11. The molecule has 1 aliphatic rings. The van der Waals surface area contributed by atoms with Gasteiger partial charge in [0.25, 0.3) is 0 Å². The van der Waals surface area contributed by atoms with E-state index in [9.17, 15) is 14.0 Å². The molecule has 0 spiro atoms. The Bertz CT molecular complexity index is 490. The lowest BCUT2D eigenvalue weighted by molar-refractivity contribution is -0.129. The molecule has 0 aromatic heterocycles. The number of hydrogen-bond donors (Lipinski definition) is 2. The standard InChI is InChI=1S/C15H19FN2O3/c16-11-4-6-12(7-5-11)21-10-8-14(19)18-13-3-1-2-9-17-15(13)20/h4-7,13H,1-3,8-10H2,(H,17,20)(H,18,19)/t13-/m1/s1. The summed E-state index contributed by atoms with van der Waals surface area (Å²) in [6.07, 6.45) is 2.67. The van der Waals surface area contributed by atoms with E-state index in [-0.39, 0.29) is 30.7 Å². The molecule has 0 unspecified atom stereocenters. The van der Waals surface area contributed by atoms with Gasteiger partial charge in [0.15, 0.2) is 0 Å². The average molecular weight is 294 g/mol. The predicted octanol–water partition coefficient (Wildman–Crippen LogP) is 1.38. The van der Waals surface area contributed by atoms with Crippen LogP contribution in [0.5, 0.6) is 5.75 Å². The van der Waals surface area contributed by atoms with Crippen LogP contribution >= 0.6 is 0 Å². The summed E-state index contributed by atoms with van der Waals surface area (Å²) in [7, 11) is 0. The van der Waals surface area contributed by atoms with Crippen molar-refractivity contribution in [2.45, 2.75) is 31.7 Å². The Morgan fingerprint density at radius 1 is 1.33 bits per heavy atom. The van der Waals surface area contributed by atoms with Gasteiger partial charge < -0.3 is 15.4 Å². The molecule has 1 heterocycles. The number of ether oxygens (including phenoxy) is 1. The molecule has 0 saturated carbocycles. The number of benzene rings is 1. The van der Waals surface area contributed by atoms with Crippen LogP contribution < -0.4 is 15.4 Å². The molecule has 0 radical (unpaired) electrons. The normalized spacial score (nSPS) is 18.5. The summed E-state index contributed by atoms with van der Waals surface area (Å²) >= 11 is 0. The van der Waals surface area contributed by atoms with Crippen LogP contribution in [0.2, 0.25) is 0 Å². The van der Waals surface area contributed by atoms with E-state index in [1.54, 1.807) is 0 Å². The van der Waals surface area contributed by atoms with Gasteiger partial charge >= 0.3 is 0 Å². The zero-order valence-corrected chi connectivity index (χ0v) is 11.7. The molecule has 2 N–H and O–H groups in total. The average Bonchev–Trinajstić information content (AvgIpc) is 2.66. The number of carbonyl (C=O) groups is 2. The Hall–Kier alpha value is -2.11. The molecule has 6 heteroatoms. The summed E-state index contributed by atoms with van der Waals surface area (Å²) in [5.74, 6) is -0.171. The van der Waals surface area contributed by atoms with Crippen LogP contribution in [0.1, 0.15) is 25.7 Å². The van der Waals surface area contributed by atoms with Gasteiger partial charge in [-0.2, -0.15) is 0 Å². The lowest BCUT2D eigenvalue weighted by Gasteiger charge is -2.15. The highest BCUT2D eigenvalue weighted by atomic mass is 19.1. The molecule has 2 amide bonds. The Morgan fingerprint density at radius 2 is 2.10 bits per heavy atom. The zero-order chi connectivity index (χ0) is 15.1. The van der Waals surface area contributed by atoms with Gasteiger partial charge in [0, 0.05) is 6.54 Å². The number of nitrogens with one attached hydrogen (secondary N) is 2. The minimum absolute atomic E-state index is 0.125. The molecular formula is C15H19FN2O3. The Kier molecular flexibility index (Phi) is 5.54. The lowest BCUT2D eigenvalue weighted by atomic mass is 10.1. The first-order chi connectivity index (χ1) is 10.1. The van der Waals surface area contributed by atoms with E-state index in [0.29, 0.717) is 18.7 Å². The van der Waals surface area contributed by atoms with Crippen molar-refractivity contribution in [1.29, 1.82) is 0 Å². The number of rotatable bonds is 5. The number of hydrogen-bond acceptors (Lipinski definition) is 3. The first kappa shape index (κ1) is 15.3. The first-order valence-electron chi connectivity index (χ1n) is 7.10. The SMILES string of the molecule is O=C(CCOc1ccc(F)cc1)N[C@@H]1CCCCNC1=O. The summed E-state index contributed by atoms with van der Waals surface area (Å²) < 4.78 is 18.1. The van der Waals surface area contributed by atoms with Gasteiger partial charge in [0.05, 0.1) is 13.0 Å². The lowest BCUT2D eigenvalue weighted by Crippen LogP contribution is -2.45. The fourth-order valence-corrected chi connectivity index (χ4v) is 2.14. The van der Waals surface area contributed by atoms with Gasteiger partial charge in [0.1, 0.15) is 17.6 Å². The Balaban J connectivity index is 1.71. The van der Waals surface area contributed by atoms with Crippen molar-refractivity contribution >= 4 is 11.8 Å². The van der Waals surface area contributed by atoms with E-state index in [4.69, 9.17) is 4.74 Å². The Morgan fingerprint density at radius 3 is 2.86 bits per heavy atom. The highest BCUT2D eigenvalue weighted by molar-refractivity contribution is 5.87. The summed E-state index contributed by atoms with van der Waals surface area (Å²) in [5.41, 5.74) is 0. The van der Waals surface area contributed by atoms with E-state index < -0.39 is 6.04 Å². The van der Waals surface area contributed by atoms with Crippen LogP contribution in [-0.4, -0.2) is 31.0 Å². The second-order valence-corrected chi connectivity index (χ2v) is 4.96. The molecule has 0 aliphatic carbocycles. The van der Waals surface area contributed by atoms with Gasteiger partial charge in [-0.15, -0.1) is 0 Å². The second kappa shape index (κ2) is 7.61. The third kappa shape index (κ3) is 5.06. The Labute approximate surface area is 122 Å². The minimum atomic E-state index is -0.453. The van der Waals surface area contributed by atoms with Crippen LogP contribution in [0, 0.1) is 5.82 Å². The molecule has 21 heavy (non-hydrogen) atoms. The van der Waals surface area contributed by atoms with E-state index in [0.717, 1.165) is 12.8 Å². The molecule has 5 nitrogen and oxygen atoms in total. The van der Waals surface area contributed by atoms with Gasteiger partial charge in [0.2, 0.25) is 11.8 Å². The molecule has 0 bridgehead atoms. The quantitative estimate of drug-likeness (QED) is 0.862. The topological polar surface area (TPSA) is 67.4 Å². The van der Waals surface area contributed by atoms with Gasteiger partial charge in [-0.1, -0.05) is 0 Å². The fourth-order valence-electron chi connectivity index (χ4n) is 2.14. The maximum absolute atomic E-state index is 12.7. The summed E-state index contributed by atoms with van der Waals surface area (Å²) in [4.78, 5) is 23.5. The van der Waals surface area contributed by atoms with Gasteiger partial charge in [-0.3, -0.25) is 9.59 Å². The predicted molar refractivity (Wildman–Crippen MR) is 75.3 cm³/mol. The molecule has 114 valence electrons. The van der Waals surface area contributed by atoms with Crippen molar-refractivity contribution in [2.24, 2.45) is 0 Å². The molecule has 1 saturated heterocycles. The largest absolute Gasteiger partial charge is 0.493 e. The maximum atomic E-state index is 12.7. The third-order valence-corrected chi connectivity index (χ3v) is 3.28. The summed E-state index contributed by atoms with van der Waals surface area (Å²) in [6, 6.07) is 5.15. The van der Waals surface area contributed by atoms with Crippen molar-refractivity contribution in [3.8, 4) is 5.75 Å². The van der Waals surface area contributed by atoms with Crippen molar-refractivity contribution in [3.05, 3.63) is 30.1 Å². The first-order valence-corrected chi connectivity index (χ1v) is 7.10. The molecule has 1 aliphatic heterocycles. The van der Waals surface area contributed by atoms with E-state index >= 15 is 0 Å². The van der Waals surface area contributed by atoms with Crippen molar-refractivity contribution in [2.75, 3.05) is 13.2 Å². The van der Waals surface area contributed by atoms with Crippen LogP contribution in [-0.2, 0) is 9.59 Å². The minimum Gasteiger partial charge on any atom is -0.493 e. The highest BCUT2D eigenvalue weighted by Gasteiger charge is 2.21. The molecule has 1 aromatic rings. The van der Waals surface area contributed by atoms with Gasteiger partial charge in [-0.05, 0) is 43.5 Å². The number of amides is 2. The third-order valence-electron chi connectivity index (χ3n) is 3.28. The molecule has 1 atom stereocenters. The molecule has 2 rings (SSSR count). The number of carbonyl (C=O) groups excluding carboxylic acids is 2. The van der Waals surface area contributed by atoms with Crippen molar-refractivity contribution in [3.63, 3.8) is 0 Å². The van der Waals surface area contributed by atoms with Crippen LogP contribution in [0.15, 0.2) is 24.3 Å². The summed E-state index contributed by atoms with van der Waals surface area (Å²) in [5, 5.41) is 5.48. The molecule has 1 aromatic carbocycles. The number of halogens is 1. The second-order valence-electron chi connectivity index (χ2n) is 4.96. The van der Waals surface area contributed by atoms with Crippen LogP contribution in [0.4, 0.5) is 4.39 Å². The van der Waals surface area contributed by atoms with Crippen molar-refractivity contribution in [1.82, 2.24) is 10.6 Å². The zero-order valence-electron chi connectivity index (χ0n) is 11.7. The molecular weight excluding hydrogens is 275 g/mol. The fraction of sp³-hybridized carbons (Fsp3) is 0.467. The van der Waals surface area contributed by atoms with E-state index in [1.165, 1.54) is 24.3 Å². The van der Waals surface area contributed by atoms with Crippen LogP contribution in [0.25, 0.3) is 0 Å². The van der Waals surface area contributed by atoms with Crippen molar-refractivity contribution < 1.29 is 18.7 Å². The summed E-state index contributed by atoms with van der Waals surface area (Å²) in [6.45, 7) is 0.852. The van der Waals surface area contributed by atoms with E-state index in [2.05, 4.69) is 10.6 Å².